The van der Waals surface area contributed by atoms with Crippen LogP contribution >= 0.6 is 0 Å². The molecule has 6 heteroatoms. The first kappa shape index (κ1) is 44.3. The fourth-order valence-corrected chi connectivity index (χ4v) is 6.32. The van der Waals surface area contributed by atoms with Crippen LogP contribution in [0, 0.1) is 0 Å². The molecule has 0 aromatic rings. The molecule has 0 aliphatic carbocycles. The largest absolute Gasteiger partial charge is 0.394 e. The van der Waals surface area contributed by atoms with E-state index in [0.717, 1.165) is 57.8 Å². The molecule has 0 heterocycles. The van der Waals surface area contributed by atoms with Crippen LogP contribution in [-0.4, -0.2) is 69.2 Å². The molecule has 0 aromatic heterocycles. The summed E-state index contributed by atoms with van der Waals surface area (Å²) in [4.78, 5) is 14.6. The molecule has 0 radical (unpaired) electrons. The van der Waals surface area contributed by atoms with Crippen LogP contribution in [0.5, 0.6) is 0 Å². The van der Waals surface area contributed by atoms with Crippen LogP contribution in [0.2, 0.25) is 0 Å². The van der Waals surface area contributed by atoms with Crippen molar-refractivity contribution in [2.75, 3.05) is 19.7 Å². The van der Waals surface area contributed by atoms with E-state index in [1.165, 1.54) is 116 Å². The lowest BCUT2D eigenvalue weighted by atomic mass is 9.99. The maximum atomic E-state index is 12.9. The Kier molecular flexibility index (Phi) is 34.1. The molecular weight excluding hydrogens is 562 g/mol. The zero-order valence-corrected chi connectivity index (χ0v) is 30.2. The van der Waals surface area contributed by atoms with Crippen molar-refractivity contribution in [3.63, 3.8) is 0 Å². The topological polar surface area (TPSA) is 101 Å². The number of hydrogen-bond acceptors (Lipinski definition) is 5. The molecule has 0 aliphatic heterocycles. The van der Waals surface area contributed by atoms with Gasteiger partial charge >= 0.3 is 0 Å². The third kappa shape index (κ3) is 30.4. The Hall–Kier alpha value is -0.690. The van der Waals surface area contributed by atoms with Crippen LogP contribution in [0.3, 0.4) is 0 Å². The monoisotopic (exact) mass is 642 g/mol. The van der Waals surface area contributed by atoms with Crippen molar-refractivity contribution in [2.24, 2.45) is 0 Å². The van der Waals surface area contributed by atoms with Gasteiger partial charge in [0.2, 0.25) is 5.91 Å². The van der Waals surface area contributed by atoms with Gasteiger partial charge in [-0.1, -0.05) is 174 Å². The minimum absolute atomic E-state index is 0.0803. The minimum Gasteiger partial charge on any atom is -0.394 e. The molecule has 0 rings (SSSR count). The Morgan fingerprint density at radius 3 is 1.20 bits per heavy atom. The number of carbonyl (C=O) groups is 1. The summed E-state index contributed by atoms with van der Waals surface area (Å²) in [6.07, 6.45) is 32.7. The normalized spacial score (nSPS) is 13.6. The van der Waals surface area contributed by atoms with Crippen LogP contribution in [0.25, 0.3) is 0 Å². The molecule has 0 aliphatic rings. The number of nitrogens with zero attached hydrogens (tertiary/aromatic N) is 1. The van der Waals surface area contributed by atoms with E-state index in [1.54, 1.807) is 4.90 Å². The smallest absolute Gasteiger partial charge is 0.222 e. The van der Waals surface area contributed by atoms with E-state index in [2.05, 4.69) is 13.8 Å². The number of unbranched alkanes of at least 4 members (excludes halogenated alkanes) is 24. The highest BCUT2D eigenvalue weighted by Gasteiger charge is 2.17. The third-order valence-electron chi connectivity index (χ3n) is 9.46. The number of aliphatic hydroxyl groups is 4. The van der Waals surface area contributed by atoms with Crippen molar-refractivity contribution in [1.82, 2.24) is 4.90 Å². The van der Waals surface area contributed by atoms with Crippen LogP contribution in [0.4, 0.5) is 0 Å². The fourth-order valence-electron chi connectivity index (χ4n) is 6.32. The predicted molar refractivity (Wildman–Crippen MR) is 192 cm³/mol. The summed E-state index contributed by atoms with van der Waals surface area (Å²) in [5.41, 5.74) is 0. The van der Waals surface area contributed by atoms with Crippen molar-refractivity contribution in [3.05, 3.63) is 0 Å². The highest BCUT2D eigenvalue weighted by Crippen LogP contribution is 2.17. The van der Waals surface area contributed by atoms with E-state index in [0.29, 0.717) is 25.8 Å². The molecule has 1 amide bonds. The van der Waals surface area contributed by atoms with Gasteiger partial charge in [-0.25, -0.2) is 0 Å². The van der Waals surface area contributed by atoms with Gasteiger partial charge in [-0.2, -0.15) is 0 Å². The van der Waals surface area contributed by atoms with Gasteiger partial charge in [0.15, 0.2) is 0 Å². The molecule has 270 valence electrons. The van der Waals surface area contributed by atoms with Gasteiger partial charge in [-0.05, 0) is 25.7 Å². The Labute approximate surface area is 280 Å². The van der Waals surface area contributed by atoms with Gasteiger partial charge in [0.25, 0.3) is 0 Å². The molecule has 0 saturated heterocycles. The van der Waals surface area contributed by atoms with E-state index >= 15 is 0 Å². The van der Waals surface area contributed by atoms with Gasteiger partial charge in [0.05, 0.1) is 24.9 Å². The molecule has 0 spiro atoms. The first-order chi connectivity index (χ1) is 22.0. The number of rotatable bonds is 36. The van der Waals surface area contributed by atoms with E-state index in [-0.39, 0.29) is 19.1 Å². The molecule has 3 atom stereocenters. The summed E-state index contributed by atoms with van der Waals surface area (Å²) in [5, 5.41) is 39.8. The number of amides is 1. The highest BCUT2D eigenvalue weighted by atomic mass is 16.3. The number of hydrogen-bond donors (Lipinski definition) is 4. The average molecular weight is 642 g/mol. The van der Waals surface area contributed by atoms with E-state index in [9.17, 15) is 25.2 Å². The average Bonchev–Trinajstić information content (AvgIpc) is 3.04. The number of carbonyl (C=O) groups excluding carboxylic acids is 1. The van der Waals surface area contributed by atoms with Gasteiger partial charge in [-0.3, -0.25) is 4.79 Å². The van der Waals surface area contributed by atoms with Crippen molar-refractivity contribution >= 4 is 5.91 Å². The van der Waals surface area contributed by atoms with Crippen molar-refractivity contribution in [3.8, 4) is 0 Å². The van der Waals surface area contributed by atoms with Crippen molar-refractivity contribution in [2.45, 2.75) is 225 Å². The zero-order valence-electron chi connectivity index (χ0n) is 30.2. The minimum atomic E-state index is -0.877. The second kappa shape index (κ2) is 34.6. The Morgan fingerprint density at radius 2 is 0.822 bits per heavy atom. The SMILES string of the molecule is CCCCCCCCCCCCCCCCCCN(CC(O)CO)C(=O)CCCCCCCC(O)C(O)CCCCCCCC. The molecule has 4 N–H and O–H groups in total. The summed E-state index contributed by atoms with van der Waals surface area (Å²) in [5.74, 6) is 0.0803. The summed E-state index contributed by atoms with van der Waals surface area (Å²) in [7, 11) is 0. The third-order valence-corrected chi connectivity index (χ3v) is 9.46. The summed E-state index contributed by atoms with van der Waals surface area (Å²) < 4.78 is 0. The lowest BCUT2D eigenvalue weighted by Gasteiger charge is -2.25. The van der Waals surface area contributed by atoms with Crippen LogP contribution in [-0.2, 0) is 4.79 Å². The Morgan fingerprint density at radius 1 is 0.489 bits per heavy atom. The number of aliphatic hydroxyl groups excluding tert-OH is 4. The summed E-state index contributed by atoms with van der Waals surface area (Å²) in [6, 6.07) is 0. The van der Waals surface area contributed by atoms with Crippen LogP contribution < -0.4 is 0 Å². The van der Waals surface area contributed by atoms with Gasteiger partial charge in [0, 0.05) is 19.5 Å². The second-order valence-electron chi connectivity index (χ2n) is 14.0. The molecule has 0 bridgehead atoms. The van der Waals surface area contributed by atoms with E-state index in [4.69, 9.17) is 0 Å². The lowest BCUT2D eigenvalue weighted by molar-refractivity contribution is -0.133. The molecule has 0 saturated carbocycles. The van der Waals surface area contributed by atoms with Crippen molar-refractivity contribution < 1.29 is 25.2 Å². The maximum Gasteiger partial charge on any atom is 0.222 e. The highest BCUT2D eigenvalue weighted by molar-refractivity contribution is 5.76. The molecule has 3 unspecified atom stereocenters. The molecule has 0 aromatic carbocycles. The Bertz CT molecular complexity index is 604. The molecule has 6 nitrogen and oxygen atoms in total. The summed E-state index contributed by atoms with van der Waals surface area (Å²) >= 11 is 0. The van der Waals surface area contributed by atoms with Crippen LogP contribution in [0.1, 0.15) is 206 Å². The van der Waals surface area contributed by atoms with E-state index in [1.807, 2.05) is 0 Å². The molecular formula is C39H79NO5. The van der Waals surface area contributed by atoms with Gasteiger partial charge in [0.1, 0.15) is 0 Å². The molecule has 0 fully saturated rings. The zero-order chi connectivity index (χ0) is 33.2. The first-order valence-corrected chi connectivity index (χ1v) is 19.9. The fraction of sp³-hybridized carbons (Fsp3) is 0.974. The maximum absolute atomic E-state index is 12.9. The van der Waals surface area contributed by atoms with Crippen LogP contribution in [0.15, 0.2) is 0 Å². The standard InChI is InChI=1S/C39H79NO5/c1-3-5-7-9-11-12-13-14-15-16-17-18-19-20-25-29-33-40(34-36(42)35-41)39(45)32-28-24-21-23-27-31-38(44)37(43)30-26-22-10-8-6-4-2/h36-38,41-44H,3-35H2,1-2H3. The first-order valence-electron chi connectivity index (χ1n) is 19.9. The summed E-state index contributed by atoms with van der Waals surface area (Å²) in [6.45, 7) is 5.04. The van der Waals surface area contributed by atoms with Gasteiger partial charge in [-0.15, -0.1) is 0 Å². The van der Waals surface area contributed by atoms with E-state index < -0.39 is 18.3 Å². The molecule has 45 heavy (non-hydrogen) atoms. The van der Waals surface area contributed by atoms with Crippen molar-refractivity contribution in [1.29, 1.82) is 0 Å². The predicted octanol–water partition coefficient (Wildman–Crippen LogP) is 9.63. The second-order valence-corrected chi connectivity index (χ2v) is 14.0. The lowest BCUT2D eigenvalue weighted by Crippen LogP contribution is -2.39. The quantitative estimate of drug-likeness (QED) is 0.0510. The van der Waals surface area contributed by atoms with Gasteiger partial charge < -0.3 is 25.3 Å². The Balaban J connectivity index is 3.86.